The van der Waals surface area contributed by atoms with Crippen molar-refractivity contribution >= 4 is 24.0 Å². The first-order valence-electron chi connectivity index (χ1n) is 8.01. The van der Waals surface area contributed by atoms with Gasteiger partial charge in [0.05, 0.1) is 0 Å². The van der Waals surface area contributed by atoms with E-state index in [1.807, 2.05) is 48.5 Å². The molecule has 3 aromatic rings. The molecule has 0 aliphatic rings. The van der Waals surface area contributed by atoms with Crippen LogP contribution in [-0.2, 0) is 19.7 Å². The van der Waals surface area contributed by atoms with E-state index < -0.39 is 0 Å². The lowest BCUT2D eigenvalue weighted by Crippen LogP contribution is -2.13. The van der Waals surface area contributed by atoms with Gasteiger partial charge in [0.2, 0.25) is 0 Å². The normalized spacial score (nSPS) is 10.1. The Bertz CT molecular complexity index is 760. The molecule has 0 aromatic heterocycles. The summed E-state index contributed by atoms with van der Waals surface area (Å²) in [6.07, 6.45) is 0. The first kappa shape index (κ1) is 19.3. The maximum absolute atomic E-state index is 5.98. The van der Waals surface area contributed by atoms with Crippen LogP contribution >= 0.6 is 24.0 Å². The van der Waals surface area contributed by atoms with Gasteiger partial charge in [-0.05, 0) is 29.3 Å². The second kappa shape index (κ2) is 10.1. The third-order valence-electron chi connectivity index (χ3n) is 3.77. The second-order valence-corrected chi connectivity index (χ2v) is 6.05. The highest BCUT2D eigenvalue weighted by molar-refractivity contribution is 6.30. The van der Waals surface area contributed by atoms with E-state index in [9.17, 15) is 0 Å². The molecule has 2 nitrogen and oxygen atoms in total. The molecule has 0 aliphatic carbocycles. The van der Waals surface area contributed by atoms with Gasteiger partial charge in [0.25, 0.3) is 0 Å². The van der Waals surface area contributed by atoms with Gasteiger partial charge >= 0.3 is 0 Å². The third kappa shape index (κ3) is 6.09. The molecule has 0 amide bonds. The molecule has 3 aromatic carbocycles. The second-order valence-electron chi connectivity index (χ2n) is 5.61. The van der Waals surface area contributed by atoms with Crippen molar-refractivity contribution in [2.45, 2.75) is 19.7 Å². The zero-order valence-corrected chi connectivity index (χ0v) is 15.4. The molecule has 0 saturated carbocycles. The predicted molar refractivity (Wildman–Crippen MR) is 106 cm³/mol. The summed E-state index contributed by atoms with van der Waals surface area (Å²) in [6.45, 7) is 2.14. The van der Waals surface area contributed by atoms with Crippen LogP contribution in [0.15, 0.2) is 78.9 Å². The largest absolute Gasteiger partial charge is 0.489 e. The number of rotatable bonds is 7. The zero-order valence-electron chi connectivity index (χ0n) is 13.8. The van der Waals surface area contributed by atoms with Crippen molar-refractivity contribution in [3.63, 3.8) is 0 Å². The van der Waals surface area contributed by atoms with Gasteiger partial charge in [-0.1, -0.05) is 72.3 Å². The van der Waals surface area contributed by atoms with E-state index >= 15 is 0 Å². The number of hydrogen-bond donors (Lipinski definition) is 1. The van der Waals surface area contributed by atoms with E-state index in [2.05, 4.69) is 35.6 Å². The van der Waals surface area contributed by atoms with Crippen LogP contribution in [0.3, 0.4) is 0 Å². The Morgan fingerprint density at radius 3 is 2.16 bits per heavy atom. The Labute approximate surface area is 160 Å². The lowest BCUT2D eigenvalue weighted by atomic mass is 10.2. The topological polar surface area (TPSA) is 21.3 Å². The SMILES string of the molecule is Cl.Clc1ccc(COc2ccccc2CNCc2ccccc2)cc1. The van der Waals surface area contributed by atoms with E-state index in [4.69, 9.17) is 16.3 Å². The van der Waals surface area contributed by atoms with E-state index in [0.717, 1.165) is 35.0 Å². The Balaban J connectivity index is 0.00000225. The molecule has 25 heavy (non-hydrogen) atoms. The quantitative estimate of drug-likeness (QED) is 0.579. The number of ether oxygens (including phenoxy) is 1. The van der Waals surface area contributed by atoms with Crippen molar-refractivity contribution in [2.75, 3.05) is 0 Å². The van der Waals surface area contributed by atoms with E-state index in [-0.39, 0.29) is 12.4 Å². The summed E-state index contributed by atoms with van der Waals surface area (Å²) in [5.41, 5.74) is 3.53. The van der Waals surface area contributed by atoms with Crippen LogP contribution in [0.4, 0.5) is 0 Å². The minimum atomic E-state index is 0. The lowest BCUT2D eigenvalue weighted by molar-refractivity contribution is 0.302. The predicted octanol–water partition coefficient (Wildman–Crippen LogP) is 5.63. The van der Waals surface area contributed by atoms with E-state index in [1.165, 1.54) is 5.56 Å². The fraction of sp³-hybridized carbons (Fsp3) is 0.143. The fourth-order valence-electron chi connectivity index (χ4n) is 2.47. The smallest absolute Gasteiger partial charge is 0.124 e. The third-order valence-corrected chi connectivity index (χ3v) is 4.02. The van der Waals surface area contributed by atoms with Crippen LogP contribution < -0.4 is 10.1 Å². The molecule has 0 atom stereocenters. The van der Waals surface area contributed by atoms with Gasteiger partial charge in [0.15, 0.2) is 0 Å². The van der Waals surface area contributed by atoms with Crippen LogP contribution in [0.2, 0.25) is 5.02 Å². The Morgan fingerprint density at radius 1 is 0.720 bits per heavy atom. The maximum Gasteiger partial charge on any atom is 0.124 e. The molecule has 3 rings (SSSR count). The van der Waals surface area contributed by atoms with Gasteiger partial charge in [-0.25, -0.2) is 0 Å². The van der Waals surface area contributed by atoms with Gasteiger partial charge in [0, 0.05) is 23.7 Å². The molecule has 0 spiro atoms. The standard InChI is InChI=1S/C21H20ClNO.ClH/c22-20-12-10-18(11-13-20)16-24-21-9-5-4-8-19(21)15-23-14-17-6-2-1-3-7-17;/h1-13,23H,14-16H2;1H. The van der Waals surface area contributed by atoms with Gasteiger partial charge in [0.1, 0.15) is 12.4 Å². The van der Waals surface area contributed by atoms with Crippen molar-refractivity contribution in [1.29, 1.82) is 0 Å². The Morgan fingerprint density at radius 2 is 1.40 bits per heavy atom. The van der Waals surface area contributed by atoms with E-state index in [0.29, 0.717) is 6.61 Å². The monoisotopic (exact) mass is 373 g/mol. The molecule has 0 saturated heterocycles. The lowest BCUT2D eigenvalue weighted by Gasteiger charge is -2.12. The molecular formula is C21H21Cl2NO. The summed E-state index contributed by atoms with van der Waals surface area (Å²) in [5, 5.41) is 4.21. The minimum absolute atomic E-state index is 0. The molecule has 0 heterocycles. The van der Waals surface area contributed by atoms with Crippen molar-refractivity contribution < 1.29 is 4.74 Å². The molecule has 130 valence electrons. The van der Waals surface area contributed by atoms with Crippen molar-refractivity contribution in [2.24, 2.45) is 0 Å². The number of halogens is 2. The number of para-hydroxylation sites is 1. The molecule has 0 radical (unpaired) electrons. The maximum atomic E-state index is 5.98. The van der Waals surface area contributed by atoms with Gasteiger partial charge in [-0.2, -0.15) is 0 Å². The van der Waals surface area contributed by atoms with Crippen molar-refractivity contribution in [3.8, 4) is 5.75 Å². The molecular weight excluding hydrogens is 353 g/mol. The zero-order chi connectivity index (χ0) is 16.6. The molecule has 4 heteroatoms. The molecule has 1 N–H and O–H groups in total. The van der Waals surface area contributed by atoms with Gasteiger partial charge in [-0.3, -0.25) is 0 Å². The Hall–Kier alpha value is -2.00. The van der Waals surface area contributed by atoms with Crippen molar-refractivity contribution in [3.05, 3.63) is 101 Å². The number of benzene rings is 3. The highest BCUT2D eigenvalue weighted by Crippen LogP contribution is 2.20. The van der Waals surface area contributed by atoms with E-state index in [1.54, 1.807) is 0 Å². The molecule has 0 aliphatic heterocycles. The number of nitrogens with one attached hydrogen (secondary N) is 1. The molecule has 0 unspecified atom stereocenters. The van der Waals surface area contributed by atoms with Crippen LogP contribution in [0.5, 0.6) is 5.75 Å². The summed E-state index contributed by atoms with van der Waals surface area (Å²) in [4.78, 5) is 0. The summed E-state index contributed by atoms with van der Waals surface area (Å²) >= 11 is 5.91. The first-order chi connectivity index (χ1) is 11.8. The number of hydrogen-bond acceptors (Lipinski definition) is 2. The average molecular weight is 374 g/mol. The van der Waals surface area contributed by atoms with Gasteiger partial charge < -0.3 is 10.1 Å². The Kier molecular flexibility index (Phi) is 7.80. The average Bonchev–Trinajstić information content (AvgIpc) is 2.63. The highest BCUT2D eigenvalue weighted by atomic mass is 35.5. The summed E-state index contributed by atoms with van der Waals surface area (Å²) in [6, 6.07) is 26.3. The highest BCUT2D eigenvalue weighted by Gasteiger charge is 2.03. The minimum Gasteiger partial charge on any atom is -0.489 e. The van der Waals surface area contributed by atoms with Crippen LogP contribution in [0, 0.1) is 0 Å². The van der Waals surface area contributed by atoms with Crippen molar-refractivity contribution in [1.82, 2.24) is 5.32 Å². The van der Waals surface area contributed by atoms with Crippen LogP contribution in [-0.4, -0.2) is 0 Å². The molecule has 0 fully saturated rings. The van der Waals surface area contributed by atoms with Gasteiger partial charge in [-0.15, -0.1) is 12.4 Å². The fourth-order valence-corrected chi connectivity index (χ4v) is 2.60. The first-order valence-corrected chi connectivity index (χ1v) is 8.39. The summed E-state index contributed by atoms with van der Waals surface area (Å²) < 4.78 is 5.98. The summed E-state index contributed by atoms with van der Waals surface area (Å²) in [7, 11) is 0. The summed E-state index contributed by atoms with van der Waals surface area (Å²) in [5.74, 6) is 0.910. The van der Waals surface area contributed by atoms with Crippen LogP contribution in [0.25, 0.3) is 0 Å². The molecule has 0 bridgehead atoms. The van der Waals surface area contributed by atoms with Crippen LogP contribution in [0.1, 0.15) is 16.7 Å².